The van der Waals surface area contributed by atoms with Crippen LogP contribution in [0, 0.1) is 0 Å². The van der Waals surface area contributed by atoms with Gasteiger partial charge in [-0.25, -0.2) is 0 Å². The molecule has 3 unspecified atom stereocenters. The van der Waals surface area contributed by atoms with E-state index in [1.807, 2.05) is 0 Å². The summed E-state index contributed by atoms with van der Waals surface area (Å²) < 4.78 is 0. The largest absolute Gasteiger partial charge is 0.313 e. The molecule has 1 N–H and O–H groups in total. The molecule has 1 aliphatic heterocycles. The number of hydrogen-bond acceptors (Lipinski definition) is 3. The van der Waals surface area contributed by atoms with Gasteiger partial charge in [0.25, 0.3) is 0 Å². The van der Waals surface area contributed by atoms with E-state index < -0.39 is 0 Å². The highest BCUT2D eigenvalue weighted by atomic mass is 32.2. The Labute approximate surface area is 125 Å². The molecule has 0 saturated heterocycles. The molecule has 0 bridgehead atoms. The van der Waals surface area contributed by atoms with Crippen LogP contribution in [0.3, 0.4) is 0 Å². The van der Waals surface area contributed by atoms with Crippen molar-refractivity contribution in [3.63, 3.8) is 0 Å². The topological polar surface area (TPSA) is 12.0 Å². The molecule has 1 aromatic carbocycles. The number of thioether (sulfide) groups is 2. The van der Waals surface area contributed by atoms with Crippen molar-refractivity contribution in [3.05, 3.63) is 29.8 Å². The lowest BCUT2D eigenvalue weighted by molar-refractivity contribution is 0.522. The van der Waals surface area contributed by atoms with Crippen molar-refractivity contribution in [2.24, 2.45) is 0 Å². The van der Waals surface area contributed by atoms with Crippen molar-refractivity contribution in [2.45, 2.75) is 54.0 Å². The van der Waals surface area contributed by atoms with Gasteiger partial charge in [0.2, 0.25) is 0 Å². The Hall–Kier alpha value is -0.120. The maximum atomic E-state index is 3.81. The van der Waals surface area contributed by atoms with Crippen LogP contribution in [0.15, 0.2) is 29.2 Å². The third kappa shape index (κ3) is 3.50. The van der Waals surface area contributed by atoms with E-state index in [0.29, 0.717) is 0 Å². The predicted octanol–water partition coefficient (Wildman–Crippen LogP) is 3.97. The van der Waals surface area contributed by atoms with Crippen LogP contribution < -0.4 is 5.32 Å². The molecular weight excluding hydrogens is 270 g/mol. The lowest BCUT2D eigenvalue weighted by Crippen LogP contribution is -2.32. The van der Waals surface area contributed by atoms with Crippen molar-refractivity contribution in [1.29, 1.82) is 0 Å². The minimum absolute atomic E-state index is 0.746. The highest BCUT2D eigenvalue weighted by molar-refractivity contribution is 8.00. The molecule has 0 radical (unpaired) electrons. The standard InChI is InChI=1S/C16H23NS2/c1-2-18-14-8-7-13(10-14)17-11-15-9-12-5-3-4-6-16(12)19-15/h3-6,13-15,17H,2,7-11H2,1H3. The van der Waals surface area contributed by atoms with Gasteiger partial charge < -0.3 is 5.32 Å². The minimum Gasteiger partial charge on any atom is -0.313 e. The SMILES string of the molecule is CCSC1CCC(NCC2Cc3ccccc3S2)C1. The molecule has 0 aromatic heterocycles. The van der Waals surface area contributed by atoms with Crippen molar-refractivity contribution in [1.82, 2.24) is 5.32 Å². The molecule has 3 rings (SSSR count). The Kier molecular flexibility index (Phi) is 4.78. The van der Waals surface area contributed by atoms with Gasteiger partial charge in [0.15, 0.2) is 0 Å². The number of benzene rings is 1. The summed E-state index contributed by atoms with van der Waals surface area (Å²) in [7, 11) is 0. The lowest BCUT2D eigenvalue weighted by Gasteiger charge is -2.16. The van der Waals surface area contributed by atoms with Crippen molar-refractivity contribution < 1.29 is 0 Å². The first kappa shape index (κ1) is 13.8. The fourth-order valence-corrected chi connectivity index (χ4v) is 5.58. The Bertz CT molecular complexity index is 396. The summed E-state index contributed by atoms with van der Waals surface area (Å²) in [6.07, 6.45) is 5.41. The third-order valence-electron chi connectivity index (χ3n) is 4.13. The zero-order valence-electron chi connectivity index (χ0n) is 11.6. The lowest BCUT2D eigenvalue weighted by atomic mass is 10.1. The average Bonchev–Trinajstić information content (AvgIpc) is 3.02. The van der Waals surface area contributed by atoms with Gasteiger partial charge in [-0.05, 0) is 43.1 Å². The zero-order valence-corrected chi connectivity index (χ0v) is 13.2. The highest BCUT2D eigenvalue weighted by Crippen LogP contribution is 2.37. The van der Waals surface area contributed by atoms with Crippen LogP contribution >= 0.6 is 23.5 Å². The van der Waals surface area contributed by atoms with Gasteiger partial charge in [-0.2, -0.15) is 11.8 Å². The van der Waals surface area contributed by atoms with E-state index in [0.717, 1.165) is 16.5 Å². The normalized spacial score (nSPS) is 29.6. The average molecular weight is 294 g/mol. The van der Waals surface area contributed by atoms with E-state index in [1.165, 1.54) is 42.9 Å². The summed E-state index contributed by atoms with van der Waals surface area (Å²) in [5.41, 5.74) is 1.55. The van der Waals surface area contributed by atoms with Gasteiger partial charge in [0.05, 0.1) is 0 Å². The molecule has 1 heterocycles. The molecule has 0 amide bonds. The number of nitrogens with one attached hydrogen (secondary N) is 1. The van der Waals surface area contributed by atoms with E-state index in [1.54, 1.807) is 5.56 Å². The summed E-state index contributed by atoms with van der Waals surface area (Å²) in [6.45, 7) is 3.45. The molecule has 1 nitrogen and oxygen atoms in total. The summed E-state index contributed by atoms with van der Waals surface area (Å²) in [5.74, 6) is 1.27. The van der Waals surface area contributed by atoms with E-state index in [4.69, 9.17) is 0 Å². The second-order valence-electron chi connectivity index (χ2n) is 5.55. The maximum Gasteiger partial charge on any atom is 0.0260 e. The van der Waals surface area contributed by atoms with Crippen molar-refractivity contribution in [3.8, 4) is 0 Å². The van der Waals surface area contributed by atoms with Gasteiger partial charge in [0.1, 0.15) is 0 Å². The molecule has 1 aliphatic carbocycles. The summed E-state index contributed by atoms with van der Waals surface area (Å²) in [5, 5.41) is 5.47. The Balaban J connectivity index is 1.43. The zero-order chi connectivity index (χ0) is 13.1. The van der Waals surface area contributed by atoms with Crippen molar-refractivity contribution >= 4 is 23.5 Å². The second-order valence-corrected chi connectivity index (χ2v) is 8.47. The molecule has 1 saturated carbocycles. The molecule has 19 heavy (non-hydrogen) atoms. The van der Waals surface area contributed by atoms with Crippen LogP contribution in [0.1, 0.15) is 31.7 Å². The molecule has 3 heteroatoms. The first-order valence-corrected chi connectivity index (χ1v) is 9.37. The van der Waals surface area contributed by atoms with Gasteiger partial charge >= 0.3 is 0 Å². The van der Waals surface area contributed by atoms with Crippen LogP contribution in [-0.4, -0.2) is 28.8 Å². The molecule has 104 valence electrons. The molecule has 1 fully saturated rings. The van der Waals surface area contributed by atoms with Gasteiger partial charge in [-0.15, -0.1) is 11.8 Å². The van der Waals surface area contributed by atoms with E-state index in [2.05, 4.69) is 60.0 Å². The van der Waals surface area contributed by atoms with Gasteiger partial charge in [0, 0.05) is 28.0 Å². The molecule has 0 spiro atoms. The van der Waals surface area contributed by atoms with Crippen molar-refractivity contribution in [2.75, 3.05) is 12.3 Å². The van der Waals surface area contributed by atoms with Crippen LogP contribution in [0.4, 0.5) is 0 Å². The van der Waals surface area contributed by atoms with Crippen LogP contribution in [-0.2, 0) is 6.42 Å². The fourth-order valence-electron chi connectivity index (χ4n) is 3.18. The second kappa shape index (κ2) is 6.55. The maximum absolute atomic E-state index is 3.81. The Morgan fingerprint density at radius 3 is 3.05 bits per heavy atom. The minimum atomic E-state index is 0.746. The van der Waals surface area contributed by atoms with Crippen LogP contribution in [0.2, 0.25) is 0 Å². The molecular formula is C16H23NS2. The van der Waals surface area contributed by atoms with E-state index in [9.17, 15) is 0 Å². The summed E-state index contributed by atoms with van der Waals surface area (Å²) in [6, 6.07) is 9.65. The quantitative estimate of drug-likeness (QED) is 0.882. The molecule has 3 atom stereocenters. The number of rotatable bonds is 5. The summed E-state index contributed by atoms with van der Waals surface area (Å²) in [4.78, 5) is 1.50. The highest BCUT2D eigenvalue weighted by Gasteiger charge is 2.26. The monoisotopic (exact) mass is 293 g/mol. The Morgan fingerprint density at radius 2 is 2.21 bits per heavy atom. The third-order valence-corrected chi connectivity index (χ3v) is 6.69. The van der Waals surface area contributed by atoms with Gasteiger partial charge in [-0.1, -0.05) is 25.1 Å². The fraction of sp³-hybridized carbons (Fsp3) is 0.625. The number of fused-ring (bicyclic) bond motifs is 1. The first-order chi connectivity index (χ1) is 9.35. The molecule has 2 aliphatic rings. The summed E-state index contributed by atoms with van der Waals surface area (Å²) >= 11 is 4.21. The van der Waals surface area contributed by atoms with Crippen LogP contribution in [0.5, 0.6) is 0 Å². The predicted molar refractivity (Wildman–Crippen MR) is 87.4 cm³/mol. The number of hydrogen-bond donors (Lipinski definition) is 1. The van der Waals surface area contributed by atoms with Gasteiger partial charge in [-0.3, -0.25) is 0 Å². The van der Waals surface area contributed by atoms with E-state index >= 15 is 0 Å². The van der Waals surface area contributed by atoms with E-state index in [-0.39, 0.29) is 0 Å². The smallest absolute Gasteiger partial charge is 0.0260 e. The Morgan fingerprint density at radius 1 is 1.32 bits per heavy atom. The van der Waals surface area contributed by atoms with Crippen LogP contribution in [0.25, 0.3) is 0 Å². The molecule has 1 aromatic rings. The first-order valence-electron chi connectivity index (χ1n) is 7.44.